The zero-order valence-corrected chi connectivity index (χ0v) is 22.7. The number of carboxylic acid groups (broad SMARTS) is 1. The van der Waals surface area contributed by atoms with Crippen LogP contribution in [0.1, 0.15) is 106 Å². The van der Waals surface area contributed by atoms with Gasteiger partial charge in [0.2, 0.25) is 5.91 Å². The molecule has 0 radical (unpaired) electrons. The molecule has 7 heteroatoms. The number of carbonyl (C=O) groups excluding carboxylic acids is 1. The van der Waals surface area contributed by atoms with Crippen LogP contribution in [-0.4, -0.2) is 48.4 Å². The number of carboxylic acids is 1. The number of aromatic carboxylic acids is 1. The molecule has 0 spiro atoms. The molecule has 1 aliphatic heterocycles. The maximum atomic E-state index is 14.0. The van der Waals surface area contributed by atoms with Crippen molar-refractivity contribution in [1.82, 2.24) is 0 Å². The Morgan fingerprint density at radius 2 is 1.57 bits per heavy atom. The SMILES string of the molecule is CC(C)(C)c1cc(N(C(=O)[C@H]2CC[C@H](C)CC2)[C@H]2CC[C@@H](OC3CCOCC3)CC2)c(C(=O)O)s1. The molecule has 3 fully saturated rings. The third-order valence-electron chi connectivity index (χ3n) is 8.07. The quantitative estimate of drug-likeness (QED) is 0.483. The van der Waals surface area contributed by atoms with E-state index in [2.05, 4.69) is 27.7 Å². The van der Waals surface area contributed by atoms with E-state index < -0.39 is 5.97 Å². The van der Waals surface area contributed by atoms with Gasteiger partial charge in [0.05, 0.1) is 17.9 Å². The van der Waals surface area contributed by atoms with Crippen molar-refractivity contribution in [1.29, 1.82) is 0 Å². The van der Waals surface area contributed by atoms with Crippen LogP contribution in [0.3, 0.4) is 0 Å². The Balaban J connectivity index is 1.56. The fourth-order valence-electron chi connectivity index (χ4n) is 5.81. The van der Waals surface area contributed by atoms with Crippen LogP contribution >= 0.6 is 11.3 Å². The van der Waals surface area contributed by atoms with Crippen LogP contribution < -0.4 is 4.90 Å². The summed E-state index contributed by atoms with van der Waals surface area (Å²) >= 11 is 1.33. The lowest BCUT2D eigenvalue weighted by Gasteiger charge is -2.40. The van der Waals surface area contributed by atoms with Gasteiger partial charge in [-0.3, -0.25) is 4.79 Å². The van der Waals surface area contributed by atoms with E-state index in [0.717, 1.165) is 82.3 Å². The molecule has 0 aromatic carbocycles. The second-order valence-corrected chi connectivity index (χ2v) is 13.0. The lowest BCUT2D eigenvalue weighted by atomic mass is 9.81. The van der Waals surface area contributed by atoms with E-state index >= 15 is 0 Å². The summed E-state index contributed by atoms with van der Waals surface area (Å²) in [6.07, 6.45) is 9.86. The van der Waals surface area contributed by atoms with E-state index in [1.165, 1.54) is 11.3 Å². The standard InChI is InChI=1S/C28H43NO5S/c1-18-5-7-19(8-6-18)26(30)29(23-17-24(28(2,3)4)35-25(23)27(31)32)20-9-11-21(12-10-20)34-22-13-15-33-16-14-22/h17-22H,5-16H2,1-4H3,(H,31,32)/t18-,19-,20-,21+. The van der Waals surface area contributed by atoms with Crippen molar-refractivity contribution in [2.24, 2.45) is 11.8 Å². The molecule has 2 saturated carbocycles. The van der Waals surface area contributed by atoms with Gasteiger partial charge in [0.1, 0.15) is 4.88 Å². The Morgan fingerprint density at radius 1 is 0.971 bits per heavy atom. The summed E-state index contributed by atoms with van der Waals surface area (Å²) in [5.74, 6) is -0.158. The third-order valence-corrected chi connectivity index (χ3v) is 9.61. The Kier molecular flexibility index (Phi) is 8.60. The molecule has 0 atom stereocenters. The van der Waals surface area contributed by atoms with Gasteiger partial charge in [-0.25, -0.2) is 4.79 Å². The Bertz CT molecular complexity index is 868. The predicted octanol–water partition coefficient (Wildman–Crippen LogP) is 6.41. The van der Waals surface area contributed by atoms with E-state index in [1.54, 1.807) is 0 Å². The topological polar surface area (TPSA) is 76.1 Å². The Hall–Kier alpha value is -1.44. The second kappa shape index (κ2) is 11.3. The smallest absolute Gasteiger partial charge is 0.348 e. The lowest BCUT2D eigenvalue weighted by Crippen LogP contribution is -2.47. The van der Waals surface area contributed by atoms with Crippen molar-refractivity contribution in [3.05, 3.63) is 15.8 Å². The molecule has 2 aliphatic carbocycles. The summed E-state index contributed by atoms with van der Waals surface area (Å²) in [6.45, 7) is 10.1. The van der Waals surface area contributed by atoms with Crippen molar-refractivity contribution in [3.8, 4) is 0 Å². The first kappa shape index (κ1) is 26.6. The van der Waals surface area contributed by atoms with Crippen molar-refractivity contribution in [2.75, 3.05) is 18.1 Å². The van der Waals surface area contributed by atoms with Crippen molar-refractivity contribution in [2.45, 2.75) is 116 Å². The van der Waals surface area contributed by atoms with E-state index in [0.29, 0.717) is 16.5 Å². The highest BCUT2D eigenvalue weighted by molar-refractivity contribution is 7.14. The first-order valence-electron chi connectivity index (χ1n) is 13.6. The van der Waals surface area contributed by atoms with E-state index in [-0.39, 0.29) is 35.5 Å². The molecule has 4 rings (SSSR count). The molecule has 1 aromatic heterocycles. The summed E-state index contributed by atoms with van der Waals surface area (Å²) in [7, 11) is 0. The van der Waals surface area contributed by atoms with Gasteiger partial charge in [-0.1, -0.05) is 27.7 Å². The first-order valence-corrected chi connectivity index (χ1v) is 14.4. The minimum absolute atomic E-state index is 0.0120. The molecule has 0 unspecified atom stereocenters. The van der Waals surface area contributed by atoms with Crippen LogP contribution in [0, 0.1) is 11.8 Å². The van der Waals surface area contributed by atoms with Gasteiger partial charge in [0.25, 0.3) is 0 Å². The van der Waals surface area contributed by atoms with Crippen LogP contribution in [0.4, 0.5) is 5.69 Å². The number of rotatable bonds is 6. The largest absolute Gasteiger partial charge is 0.477 e. The monoisotopic (exact) mass is 505 g/mol. The summed E-state index contributed by atoms with van der Waals surface area (Å²) in [6, 6.07) is 2.01. The highest BCUT2D eigenvalue weighted by Crippen LogP contribution is 2.42. The molecular weight excluding hydrogens is 462 g/mol. The molecule has 3 aliphatic rings. The summed E-state index contributed by atoms with van der Waals surface area (Å²) in [5, 5.41) is 10.1. The Morgan fingerprint density at radius 3 is 2.14 bits per heavy atom. The maximum Gasteiger partial charge on any atom is 0.348 e. The molecular formula is C28H43NO5S. The molecule has 35 heavy (non-hydrogen) atoms. The fraction of sp³-hybridized carbons (Fsp3) is 0.786. The lowest BCUT2D eigenvalue weighted by molar-refractivity contribution is -0.124. The molecule has 1 saturated heterocycles. The number of nitrogens with zero attached hydrogens (tertiary/aromatic N) is 1. The molecule has 1 amide bonds. The van der Waals surface area contributed by atoms with E-state index in [9.17, 15) is 14.7 Å². The van der Waals surface area contributed by atoms with Crippen LogP contribution in [-0.2, 0) is 19.7 Å². The number of anilines is 1. The highest BCUT2D eigenvalue weighted by Gasteiger charge is 2.38. The number of thiophene rings is 1. The third kappa shape index (κ3) is 6.47. The van der Waals surface area contributed by atoms with Gasteiger partial charge in [0, 0.05) is 30.1 Å². The summed E-state index contributed by atoms with van der Waals surface area (Å²) < 4.78 is 11.9. The highest BCUT2D eigenvalue weighted by atomic mass is 32.1. The zero-order valence-electron chi connectivity index (χ0n) is 21.9. The van der Waals surface area contributed by atoms with E-state index in [4.69, 9.17) is 9.47 Å². The fourth-order valence-corrected chi connectivity index (χ4v) is 6.85. The minimum atomic E-state index is -0.938. The molecule has 6 nitrogen and oxygen atoms in total. The van der Waals surface area contributed by atoms with Crippen LogP contribution in [0.2, 0.25) is 0 Å². The minimum Gasteiger partial charge on any atom is -0.477 e. The Labute approximate surface area is 214 Å². The normalized spacial score (nSPS) is 28.6. The maximum absolute atomic E-state index is 14.0. The number of hydrogen-bond acceptors (Lipinski definition) is 5. The van der Waals surface area contributed by atoms with Gasteiger partial charge < -0.3 is 19.5 Å². The van der Waals surface area contributed by atoms with Crippen LogP contribution in [0.5, 0.6) is 0 Å². The van der Waals surface area contributed by atoms with Crippen molar-refractivity contribution in [3.63, 3.8) is 0 Å². The van der Waals surface area contributed by atoms with Gasteiger partial charge >= 0.3 is 5.97 Å². The second-order valence-electron chi connectivity index (χ2n) is 11.9. The van der Waals surface area contributed by atoms with Crippen LogP contribution in [0.25, 0.3) is 0 Å². The summed E-state index contributed by atoms with van der Waals surface area (Å²) in [4.78, 5) is 29.6. The van der Waals surface area contributed by atoms with Gasteiger partial charge in [-0.15, -0.1) is 11.3 Å². The molecule has 1 N–H and O–H groups in total. The molecule has 196 valence electrons. The number of ether oxygens (including phenoxy) is 2. The molecule has 2 heterocycles. The van der Waals surface area contributed by atoms with Crippen molar-refractivity contribution < 1.29 is 24.2 Å². The summed E-state index contributed by atoms with van der Waals surface area (Å²) in [5.41, 5.74) is 0.446. The average Bonchev–Trinajstić information content (AvgIpc) is 3.27. The van der Waals surface area contributed by atoms with Gasteiger partial charge in [-0.05, 0) is 81.6 Å². The number of amides is 1. The predicted molar refractivity (Wildman–Crippen MR) is 140 cm³/mol. The van der Waals surface area contributed by atoms with Gasteiger partial charge in [0.15, 0.2) is 0 Å². The average molecular weight is 506 g/mol. The van der Waals surface area contributed by atoms with Crippen molar-refractivity contribution >= 4 is 28.9 Å². The van der Waals surface area contributed by atoms with Crippen LogP contribution in [0.15, 0.2) is 6.07 Å². The number of carbonyl (C=O) groups is 2. The van der Waals surface area contributed by atoms with E-state index in [1.807, 2.05) is 11.0 Å². The first-order chi connectivity index (χ1) is 16.6. The zero-order chi connectivity index (χ0) is 25.2. The molecule has 1 aromatic rings. The number of hydrogen-bond donors (Lipinski definition) is 1. The van der Waals surface area contributed by atoms with Gasteiger partial charge in [-0.2, -0.15) is 0 Å². The molecule has 0 bridgehead atoms.